The third-order valence-electron chi connectivity index (χ3n) is 5.54. The molecule has 0 amide bonds. The molecule has 1 fully saturated rings. The van der Waals surface area contributed by atoms with Crippen LogP contribution in [0.4, 0.5) is 5.82 Å². The van der Waals surface area contributed by atoms with Crippen LogP contribution in [0.15, 0.2) is 27.2 Å². The van der Waals surface area contributed by atoms with Gasteiger partial charge in [0.25, 0.3) is 0 Å². The molecule has 0 aliphatic heterocycles. The number of fused-ring (bicyclic) bond motifs is 4. The lowest BCUT2D eigenvalue weighted by Gasteiger charge is -2.24. The highest BCUT2D eigenvalue weighted by Gasteiger charge is 2.50. The number of hydrogen-bond acceptors (Lipinski definition) is 4. The predicted octanol–water partition coefficient (Wildman–Crippen LogP) is 4.62. The van der Waals surface area contributed by atoms with Crippen molar-refractivity contribution in [1.82, 2.24) is 5.16 Å². The highest BCUT2D eigenvalue weighted by molar-refractivity contribution is 9.10. The highest BCUT2D eigenvalue weighted by atomic mass is 79.9. The molecule has 7 heteroatoms. The van der Waals surface area contributed by atoms with Crippen LogP contribution in [0.5, 0.6) is 0 Å². The maximum absolute atomic E-state index is 12.6. The van der Waals surface area contributed by atoms with Gasteiger partial charge in [-0.2, -0.15) is 0 Å². The Labute approximate surface area is 156 Å². The lowest BCUT2D eigenvalue weighted by molar-refractivity contribution is 0.431. The van der Waals surface area contributed by atoms with E-state index in [0.717, 1.165) is 34.9 Å². The summed E-state index contributed by atoms with van der Waals surface area (Å²) in [5.41, 5.74) is 3.31. The van der Waals surface area contributed by atoms with Crippen LogP contribution in [0.25, 0.3) is 11.3 Å². The fraction of sp³-hybridized carbons (Fsp3) is 0.500. The van der Waals surface area contributed by atoms with Crippen molar-refractivity contribution in [1.29, 1.82) is 0 Å². The topological polar surface area (TPSA) is 72.2 Å². The molecular weight excluding hydrogens is 404 g/mol. The zero-order valence-corrected chi connectivity index (χ0v) is 16.7. The van der Waals surface area contributed by atoms with Gasteiger partial charge in [-0.1, -0.05) is 41.0 Å². The van der Waals surface area contributed by atoms with Gasteiger partial charge in [-0.25, -0.2) is 8.42 Å². The summed E-state index contributed by atoms with van der Waals surface area (Å²) in [6.45, 7) is 3.78. The minimum absolute atomic E-state index is 0.115. The maximum Gasteiger partial charge on any atom is 0.236 e. The molecule has 1 aromatic heterocycles. The van der Waals surface area contributed by atoms with Crippen LogP contribution < -0.4 is 4.72 Å². The number of hydrogen-bond donors (Lipinski definition) is 1. The molecule has 1 saturated carbocycles. The molecule has 0 atom stereocenters. The Kier molecular flexibility index (Phi) is 3.99. The fourth-order valence-corrected chi connectivity index (χ4v) is 5.74. The molecule has 0 unspecified atom stereocenters. The summed E-state index contributed by atoms with van der Waals surface area (Å²) >= 11 is 3.52. The Morgan fingerprint density at radius 1 is 1.32 bits per heavy atom. The summed E-state index contributed by atoms with van der Waals surface area (Å²) < 4.78 is 34.5. The summed E-state index contributed by atoms with van der Waals surface area (Å²) in [5.74, 6) is 1.05. The van der Waals surface area contributed by atoms with E-state index in [-0.39, 0.29) is 5.41 Å². The summed E-state index contributed by atoms with van der Waals surface area (Å²) in [6.07, 6.45) is 4.16. The standard InChI is InChI=1S/C18H21BrN2O3S/c1-3-12(4-2)25(22,23)21-17-14-10-18(7-8-18)15-6-5-11(19)9-13(15)16(14)24-20-17/h5-6,9,12H,3-4,7-8,10H2,1-2H3,(H,20,21). The molecule has 134 valence electrons. The van der Waals surface area contributed by atoms with E-state index in [9.17, 15) is 8.42 Å². The summed E-state index contributed by atoms with van der Waals surface area (Å²) in [6, 6.07) is 6.24. The second-order valence-corrected chi connectivity index (χ2v) is 9.95. The van der Waals surface area contributed by atoms with Gasteiger partial charge in [0.15, 0.2) is 11.6 Å². The van der Waals surface area contributed by atoms with Crippen LogP contribution in [0.3, 0.4) is 0 Å². The zero-order chi connectivity index (χ0) is 17.8. The summed E-state index contributed by atoms with van der Waals surface area (Å²) in [7, 11) is -3.46. The van der Waals surface area contributed by atoms with Crippen LogP contribution in [-0.2, 0) is 21.9 Å². The Bertz CT molecular complexity index is 928. The van der Waals surface area contributed by atoms with Gasteiger partial charge in [-0.15, -0.1) is 0 Å². The van der Waals surface area contributed by atoms with Crippen molar-refractivity contribution >= 4 is 31.8 Å². The quantitative estimate of drug-likeness (QED) is 0.759. The van der Waals surface area contributed by atoms with E-state index < -0.39 is 15.3 Å². The van der Waals surface area contributed by atoms with Crippen LogP contribution >= 0.6 is 15.9 Å². The number of aromatic nitrogens is 1. The van der Waals surface area contributed by atoms with Crippen LogP contribution in [0, 0.1) is 0 Å². The fourth-order valence-electron chi connectivity index (χ4n) is 3.91. The van der Waals surface area contributed by atoms with Gasteiger partial charge >= 0.3 is 0 Å². The molecule has 1 spiro atoms. The molecule has 2 aromatic rings. The first-order valence-electron chi connectivity index (χ1n) is 8.71. The van der Waals surface area contributed by atoms with Gasteiger partial charge < -0.3 is 4.52 Å². The minimum atomic E-state index is -3.46. The largest absolute Gasteiger partial charge is 0.354 e. The molecular formula is C18H21BrN2O3S. The number of sulfonamides is 1. The van der Waals surface area contributed by atoms with Crippen molar-refractivity contribution in [3.8, 4) is 11.3 Å². The molecule has 0 bridgehead atoms. The lowest BCUT2D eigenvalue weighted by atomic mass is 9.79. The molecule has 25 heavy (non-hydrogen) atoms. The first-order valence-corrected chi connectivity index (χ1v) is 11.0. The van der Waals surface area contributed by atoms with Crippen LogP contribution in [0.2, 0.25) is 0 Å². The van der Waals surface area contributed by atoms with Crippen molar-refractivity contribution in [3.05, 3.63) is 33.8 Å². The molecule has 2 aliphatic carbocycles. The molecule has 0 radical (unpaired) electrons. The number of nitrogens with zero attached hydrogens (tertiary/aromatic N) is 1. The predicted molar refractivity (Wildman–Crippen MR) is 101 cm³/mol. The van der Waals surface area contributed by atoms with Crippen LogP contribution in [-0.4, -0.2) is 18.8 Å². The molecule has 4 rings (SSSR count). The number of benzene rings is 1. The molecule has 1 aromatic carbocycles. The lowest BCUT2D eigenvalue weighted by Crippen LogP contribution is -2.28. The number of rotatable bonds is 5. The van der Waals surface area contributed by atoms with E-state index in [1.54, 1.807) is 0 Å². The Morgan fingerprint density at radius 3 is 2.68 bits per heavy atom. The van der Waals surface area contributed by atoms with Crippen molar-refractivity contribution in [3.63, 3.8) is 0 Å². The number of halogens is 1. The first kappa shape index (κ1) is 17.1. The van der Waals surface area contributed by atoms with Gasteiger partial charge in [-0.3, -0.25) is 4.72 Å². The second kappa shape index (κ2) is 5.84. The Balaban J connectivity index is 1.77. The van der Waals surface area contributed by atoms with E-state index >= 15 is 0 Å². The van der Waals surface area contributed by atoms with E-state index in [4.69, 9.17) is 4.52 Å². The Morgan fingerprint density at radius 2 is 2.04 bits per heavy atom. The second-order valence-electron chi connectivity index (χ2n) is 7.07. The maximum atomic E-state index is 12.6. The van der Waals surface area contributed by atoms with Crippen LogP contribution in [0.1, 0.15) is 50.7 Å². The SMILES string of the molecule is CCC(CC)S(=O)(=O)Nc1noc2c1CC1(CC1)c1ccc(Br)cc1-2. The van der Waals surface area contributed by atoms with Gasteiger partial charge in [-0.05, 0) is 49.8 Å². The van der Waals surface area contributed by atoms with Crippen molar-refractivity contribution < 1.29 is 12.9 Å². The van der Waals surface area contributed by atoms with Crippen molar-refractivity contribution in [2.24, 2.45) is 0 Å². The molecule has 2 aliphatic rings. The van der Waals surface area contributed by atoms with E-state index in [1.165, 1.54) is 5.56 Å². The van der Waals surface area contributed by atoms with E-state index in [2.05, 4.69) is 37.9 Å². The molecule has 0 saturated heterocycles. The molecule has 1 heterocycles. The molecule has 5 nitrogen and oxygen atoms in total. The normalized spacial score (nSPS) is 17.4. The van der Waals surface area contributed by atoms with Gasteiger partial charge in [0.1, 0.15) is 0 Å². The van der Waals surface area contributed by atoms with Gasteiger partial charge in [0.2, 0.25) is 10.0 Å². The van der Waals surface area contributed by atoms with E-state index in [0.29, 0.717) is 24.4 Å². The summed E-state index contributed by atoms with van der Waals surface area (Å²) in [4.78, 5) is 0. The zero-order valence-electron chi connectivity index (χ0n) is 14.3. The molecule has 1 N–H and O–H groups in total. The monoisotopic (exact) mass is 424 g/mol. The third-order valence-corrected chi connectivity index (χ3v) is 8.06. The third kappa shape index (κ3) is 2.72. The number of nitrogens with one attached hydrogen (secondary N) is 1. The first-order chi connectivity index (χ1) is 11.9. The highest BCUT2D eigenvalue weighted by Crippen LogP contribution is 2.58. The van der Waals surface area contributed by atoms with Crippen molar-refractivity contribution in [2.75, 3.05) is 4.72 Å². The Hall–Kier alpha value is -1.34. The minimum Gasteiger partial charge on any atom is -0.354 e. The van der Waals surface area contributed by atoms with E-state index in [1.807, 2.05) is 19.9 Å². The smallest absolute Gasteiger partial charge is 0.236 e. The van der Waals surface area contributed by atoms with Crippen molar-refractivity contribution in [2.45, 2.75) is 56.6 Å². The number of anilines is 1. The van der Waals surface area contributed by atoms with Gasteiger partial charge in [0, 0.05) is 21.0 Å². The van der Waals surface area contributed by atoms with Gasteiger partial charge in [0.05, 0.1) is 5.25 Å². The average Bonchev–Trinajstić information content (AvgIpc) is 3.22. The average molecular weight is 425 g/mol. The summed E-state index contributed by atoms with van der Waals surface area (Å²) in [5, 5.41) is 3.66.